The summed E-state index contributed by atoms with van der Waals surface area (Å²) >= 11 is 0. The number of aliphatic imine (C=N–C) groups is 1. The molecule has 1 aromatic carbocycles. The van der Waals surface area contributed by atoms with Crippen LogP contribution in [0.3, 0.4) is 0 Å². The summed E-state index contributed by atoms with van der Waals surface area (Å²) < 4.78 is 10.5. The zero-order chi connectivity index (χ0) is 9.80. The van der Waals surface area contributed by atoms with E-state index in [9.17, 15) is 4.79 Å². The number of hydrogen-bond acceptors (Lipinski definition) is 4. The minimum Gasteiger partial charge on any atom is -0.486 e. The molecule has 0 aromatic heterocycles. The van der Waals surface area contributed by atoms with Crippen molar-refractivity contribution in [3.8, 4) is 5.75 Å². The molecule has 0 N–H and O–H groups in total. The van der Waals surface area contributed by atoms with Crippen molar-refractivity contribution in [2.24, 2.45) is 4.99 Å². The van der Waals surface area contributed by atoms with Gasteiger partial charge < -0.3 is 9.47 Å². The summed E-state index contributed by atoms with van der Waals surface area (Å²) in [7, 11) is 0. The molecule has 0 spiro atoms. The molecule has 1 heterocycles. The van der Waals surface area contributed by atoms with E-state index in [2.05, 4.69) is 4.99 Å². The molecule has 1 fully saturated rings. The maximum atomic E-state index is 10.0. The molecule has 0 unspecified atom stereocenters. The van der Waals surface area contributed by atoms with E-state index in [-0.39, 0.29) is 6.10 Å². The molecule has 4 nitrogen and oxygen atoms in total. The summed E-state index contributed by atoms with van der Waals surface area (Å²) in [6, 6.07) is 7.02. The van der Waals surface area contributed by atoms with Gasteiger partial charge in [-0.05, 0) is 12.1 Å². The van der Waals surface area contributed by atoms with Gasteiger partial charge in [0, 0.05) is 6.07 Å². The first-order valence-corrected chi connectivity index (χ1v) is 4.31. The standard InChI is InChI=1S/C10H9NO3/c12-7-11-8-2-1-3-9(4-8)14-10-5-13-6-10/h1-4,10H,5-6H2. The summed E-state index contributed by atoms with van der Waals surface area (Å²) in [5, 5.41) is 0. The third-order valence-electron chi connectivity index (χ3n) is 1.90. The summed E-state index contributed by atoms with van der Waals surface area (Å²) in [4.78, 5) is 13.5. The molecular formula is C10H9NO3. The van der Waals surface area contributed by atoms with E-state index in [4.69, 9.17) is 9.47 Å². The molecule has 1 saturated heterocycles. The smallest absolute Gasteiger partial charge is 0.240 e. The van der Waals surface area contributed by atoms with Crippen LogP contribution in [0.4, 0.5) is 5.69 Å². The lowest BCUT2D eigenvalue weighted by molar-refractivity contribution is -0.0796. The Morgan fingerprint density at radius 1 is 1.50 bits per heavy atom. The van der Waals surface area contributed by atoms with Crippen LogP contribution in [0.25, 0.3) is 0 Å². The van der Waals surface area contributed by atoms with Gasteiger partial charge in [-0.15, -0.1) is 0 Å². The number of rotatable bonds is 3. The van der Waals surface area contributed by atoms with E-state index >= 15 is 0 Å². The van der Waals surface area contributed by atoms with E-state index in [1.54, 1.807) is 18.2 Å². The molecular weight excluding hydrogens is 182 g/mol. The van der Waals surface area contributed by atoms with Crippen LogP contribution in [0, 0.1) is 0 Å². The van der Waals surface area contributed by atoms with Crippen LogP contribution >= 0.6 is 0 Å². The average molecular weight is 191 g/mol. The highest BCUT2D eigenvalue weighted by Crippen LogP contribution is 2.21. The molecule has 14 heavy (non-hydrogen) atoms. The molecule has 0 aliphatic carbocycles. The average Bonchev–Trinajstić information content (AvgIpc) is 2.13. The number of hydrogen-bond donors (Lipinski definition) is 0. The molecule has 0 bridgehead atoms. The van der Waals surface area contributed by atoms with Gasteiger partial charge in [0.1, 0.15) is 11.9 Å². The highest BCUT2D eigenvalue weighted by Gasteiger charge is 2.19. The molecule has 0 radical (unpaired) electrons. The fourth-order valence-corrected chi connectivity index (χ4v) is 1.15. The van der Waals surface area contributed by atoms with Crippen molar-refractivity contribution < 1.29 is 14.3 Å². The van der Waals surface area contributed by atoms with E-state index in [1.807, 2.05) is 6.07 Å². The Bertz CT molecular complexity index is 367. The molecule has 72 valence electrons. The van der Waals surface area contributed by atoms with Gasteiger partial charge in [-0.3, -0.25) is 0 Å². The third-order valence-corrected chi connectivity index (χ3v) is 1.90. The highest BCUT2D eigenvalue weighted by atomic mass is 16.6. The fraction of sp³-hybridized carbons (Fsp3) is 0.300. The van der Waals surface area contributed by atoms with Gasteiger partial charge >= 0.3 is 0 Å². The largest absolute Gasteiger partial charge is 0.486 e. The Labute approximate surface area is 81.2 Å². The third kappa shape index (κ3) is 1.99. The van der Waals surface area contributed by atoms with Gasteiger partial charge in [0.2, 0.25) is 6.08 Å². The maximum absolute atomic E-state index is 10.0. The van der Waals surface area contributed by atoms with Crippen molar-refractivity contribution in [1.82, 2.24) is 0 Å². The minimum absolute atomic E-state index is 0.130. The van der Waals surface area contributed by atoms with Crippen molar-refractivity contribution in [2.75, 3.05) is 13.2 Å². The Morgan fingerprint density at radius 3 is 3.00 bits per heavy atom. The lowest BCUT2D eigenvalue weighted by Crippen LogP contribution is -2.38. The number of isocyanates is 1. The number of carbonyl (C=O) groups excluding carboxylic acids is 1. The predicted octanol–water partition coefficient (Wildman–Crippen LogP) is 1.43. The van der Waals surface area contributed by atoms with E-state index in [0.29, 0.717) is 24.7 Å². The van der Waals surface area contributed by atoms with Crippen LogP contribution in [0.5, 0.6) is 5.75 Å². The first-order valence-electron chi connectivity index (χ1n) is 4.31. The molecule has 1 aliphatic heterocycles. The predicted molar refractivity (Wildman–Crippen MR) is 49.5 cm³/mol. The Hall–Kier alpha value is -1.64. The minimum atomic E-state index is 0.130. The molecule has 4 heteroatoms. The Morgan fingerprint density at radius 2 is 2.36 bits per heavy atom. The van der Waals surface area contributed by atoms with Gasteiger partial charge in [-0.2, -0.15) is 4.99 Å². The number of ether oxygens (including phenoxy) is 2. The maximum Gasteiger partial charge on any atom is 0.240 e. The normalized spacial score (nSPS) is 15.4. The Balaban J connectivity index is 2.08. The second-order valence-electron chi connectivity index (χ2n) is 2.98. The highest BCUT2D eigenvalue weighted by molar-refractivity contribution is 5.51. The van der Waals surface area contributed by atoms with E-state index in [0.717, 1.165) is 0 Å². The van der Waals surface area contributed by atoms with Gasteiger partial charge in [-0.1, -0.05) is 6.07 Å². The fourth-order valence-electron chi connectivity index (χ4n) is 1.15. The van der Waals surface area contributed by atoms with Crippen molar-refractivity contribution in [3.63, 3.8) is 0 Å². The van der Waals surface area contributed by atoms with Crippen LogP contribution in [0.1, 0.15) is 0 Å². The zero-order valence-electron chi connectivity index (χ0n) is 7.47. The molecule has 1 aromatic rings. The van der Waals surface area contributed by atoms with Crippen LogP contribution < -0.4 is 4.74 Å². The molecule has 0 amide bonds. The lowest BCUT2D eigenvalue weighted by atomic mass is 10.3. The van der Waals surface area contributed by atoms with Crippen LogP contribution in [-0.2, 0) is 9.53 Å². The van der Waals surface area contributed by atoms with Crippen molar-refractivity contribution in [2.45, 2.75) is 6.10 Å². The SMILES string of the molecule is O=C=Nc1cccc(OC2COC2)c1. The van der Waals surface area contributed by atoms with E-state index in [1.165, 1.54) is 6.08 Å². The van der Waals surface area contributed by atoms with Gasteiger partial charge in [0.05, 0.1) is 18.9 Å². The summed E-state index contributed by atoms with van der Waals surface area (Å²) in [6.45, 7) is 1.25. The molecule has 1 aliphatic rings. The van der Waals surface area contributed by atoms with Crippen LogP contribution in [0.2, 0.25) is 0 Å². The lowest BCUT2D eigenvalue weighted by Gasteiger charge is -2.26. The number of nitrogens with zero attached hydrogens (tertiary/aromatic N) is 1. The number of benzene rings is 1. The molecule has 2 rings (SSSR count). The topological polar surface area (TPSA) is 47.9 Å². The van der Waals surface area contributed by atoms with Crippen LogP contribution in [-0.4, -0.2) is 25.4 Å². The quantitative estimate of drug-likeness (QED) is 0.536. The first kappa shape index (κ1) is 8.94. The summed E-state index contributed by atoms with van der Waals surface area (Å²) in [5.41, 5.74) is 0.553. The summed E-state index contributed by atoms with van der Waals surface area (Å²) in [5.74, 6) is 0.704. The van der Waals surface area contributed by atoms with Crippen molar-refractivity contribution in [1.29, 1.82) is 0 Å². The molecule has 0 saturated carbocycles. The van der Waals surface area contributed by atoms with Gasteiger partial charge in [0.25, 0.3) is 0 Å². The van der Waals surface area contributed by atoms with Crippen molar-refractivity contribution >= 4 is 11.8 Å². The van der Waals surface area contributed by atoms with Crippen molar-refractivity contribution in [3.05, 3.63) is 24.3 Å². The van der Waals surface area contributed by atoms with Gasteiger partial charge in [0.15, 0.2) is 0 Å². The van der Waals surface area contributed by atoms with Crippen LogP contribution in [0.15, 0.2) is 29.3 Å². The first-order chi connectivity index (χ1) is 6.88. The van der Waals surface area contributed by atoms with Gasteiger partial charge in [-0.25, -0.2) is 4.79 Å². The second kappa shape index (κ2) is 4.05. The van der Waals surface area contributed by atoms with E-state index < -0.39 is 0 Å². The molecule has 0 atom stereocenters. The monoisotopic (exact) mass is 191 g/mol. The summed E-state index contributed by atoms with van der Waals surface area (Å²) in [6.07, 6.45) is 1.62. The zero-order valence-corrected chi connectivity index (χ0v) is 7.47. The second-order valence-corrected chi connectivity index (χ2v) is 2.98. The Kier molecular flexibility index (Phi) is 2.58.